The Morgan fingerprint density at radius 1 is 1.22 bits per heavy atom. The molecule has 0 saturated carbocycles. The van der Waals surface area contributed by atoms with E-state index in [4.69, 9.17) is 0 Å². The van der Waals surface area contributed by atoms with Crippen molar-refractivity contribution in [3.8, 4) is 0 Å². The monoisotopic (exact) mass is 327 g/mol. The molecule has 0 atom stereocenters. The summed E-state index contributed by atoms with van der Waals surface area (Å²) in [5.74, 6) is 1.39. The molecule has 0 fully saturated rings. The van der Waals surface area contributed by atoms with Gasteiger partial charge >= 0.3 is 0 Å². The topological polar surface area (TPSA) is 47.8 Å². The first-order chi connectivity index (χ1) is 11.1. The standard InChI is InChI=1S/C18H21N3OS/c1-15(2)9-12-21-13-10-19-17(21)8-7-16(22)5-3-4-6-18-20-11-14-23-18/h3-8,10-11,13-15H,9,12H2,1-2H3/b5-3+,6-4+,8-7+. The lowest BCUT2D eigenvalue weighted by Crippen LogP contribution is -2.02. The molecular weight excluding hydrogens is 306 g/mol. The summed E-state index contributed by atoms with van der Waals surface area (Å²) in [6.07, 6.45) is 16.8. The van der Waals surface area contributed by atoms with Gasteiger partial charge in [0.2, 0.25) is 0 Å². The molecule has 4 nitrogen and oxygen atoms in total. The molecule has 0 bridgehead atoms. The summed E-state index contributed by atoms with van der Waals surface area (Å²) in [4.78, 5) is 20.2. The van der Waals surface area contributed by atoms with Crippen molar-refractivity contribution in [1.29, 1.82) is 0 Å². The van der Waals surface area contributed by atoms with Crippen molar-refractivity contribution in [3.05, 3.63) is 59.1 Å². The number of rotatable bonds is 8. The van der Waals surface area contributed by atoms with Crippen LogP contribution in [0.1, 0.15) is 31.1 Å². The lowest BCUT2D eigenvalue weighted by atomic mass is 10.1. The van der Waals surface area contributed by atoms with Gasteiger partial charge in [0, 0.05) is 30.5 Å². The van der Waals surface area contributed by atoms with Gasteiger partial charge < -0.3 is 4.57 Å². The average Bonchev–Trinajstić information content (AvgIpc) is 3.18. The fourth-order valence-corrected chi connectivity index (χ4v) is 2.42. The molecule has 0 aromatic carbocycles. The first kappa shape index (κ1) is 17.1. The zero-order valence-corrected chi connectivity index (χ0v) is 14.2. The fraction of sp³-hybridized carbons (Fsp3) is 0.278. The number of thiazole rings is 1. The molecule has 0 aliphatic heterocycles. The first-order valence-electron chi connectivity index (χ1n) is 7.62. The van der Waals surface area contributed by atoms with Crippen LogP contribution in [0.3, 0.4) is 0 Å². The SMILES string of the molecule is CC(C)CCn1ccnc1/C=C/C(=O)/C=C/C=C/c1nccs1. The Hall–Kier alpha value is -2.27. The number of aryl methyl sites for hydroxylation is 1. The molecule has 5 heteroatoms. The van der Waals surface area contributed by atoms with Gasteiger partial charge in [0.25, 0.3) is 0 Å². The molecule has 23 heavy (non-hydrogen) atoms. The Morgan fingerprint density at radius 2 is 2.09 bits per heavy atom. The van der Waals surface area contributed by atoms with Crippen LogP contribution in [0, 0.1) is 5.92 Å². The van der Waals surface area contributed by atoms with Crippen LogP contribution in [-0.4, -0.2) is 20.3 Å². The fourth-order valence-electron chi connectivity index (χ4n) is 1.88. The van der Waals surface area contributed by atoms with Crippen LogP contribution in [0.4, 0.5) is 0 Å². The van der Waals surface area contributed by atoms with Crippen molar-refractivity contribution in [1.82, 2.24) is 14.5 Å². The van der Waals surface area contributed by atoms with Gasteiger partial charge in [0.15, 0.2) is 5.78 Å². The molecule has 0 saturated heterocycles. The largest absolute Gasteiger partial charge is 0.331 e. The highest BCUT2D eigenvalue weighted by molar-refractivity contribution is 7.10. The number of hydrogen-bond acceptors (Lipinski definition) is 4. The molecule has 0 amide bonds. The summed E-state index contributed by atoms with van der Waals surface area (Å²) < 4.78 is 2.07. The number of nitrogens with zero attached hydrogens (tertiary/aromatic N) is 3. The van der Waals surface area contributed by atoms with Crippen LogP contribution in [0.15, 0.2) is 48.3 Å². The van der Waals surface area contributed by atoms with E-state index in [1.165, 1.54) is 6.08 Å². The minimum Gasteiger partial charge on any atom is -0.331 e. The van der Waals surface area contributed by atoms with Crippen LogP contribution in [0.5, 0.6) is 0 Å². The van der Waals surface area contributed by atoms with Crippen LogP contribution >= 0.6 is 11.3 Å². The molecule has 2 heterocycles. The zero-order valence-electron chi connectivity index (χ0n) is 13.4. The van der Waals surface area contributed by atoms with Crippen molar-refractivity contribution >= 4 is 29.3 Å². The number of allylic oxidation sites excluding steroid dienone is 4. The molecule has 2 aromatic heterocycles. The van der Waals surface area contributed by atoms with Gasteiger partial charge in [-0.2, -0.15) is 0 Å². The number of aromatic nitrogens is 3. The number of imidazole rings is 1. The predicted octanol–water partition coefficient (Wildman–Crippen LogP) is 4.24. The normalized spacial score (nSPS) is 12.3. The van der Waals surface area contributed by atoms with Crippen LogP contribution < -0.4 is 0 Å². The minimum atomic E-state index is -0.0628. The number of hydrogen-bond donors (Lipinski definition) is 0. The maximum absolute atomic E-state index is 11.8. The van der Waals surface area contributed by atoms with Gasteiger partial charge in [-0.25, -0.2) is 9.97 Å². The Balaban J connectivity index is 1.87. The van der Waals surface area contributed by atoms with Crippen molar-refractivity contribution in [3.63, 3.8) is 0 Å². The van der Waals surface area contributed by atoms with E-state index in [0.717, 1.165) is 23.8 Å². The van der Waals surface area contributed by atoms with E-state index >= 15 is 0 Å². The average molecular weight is 327 g/mol. The Kier molecular flexibility index (Phi) is 6.69. The summed E-state index contributed by atoms with van der Waals surface area (Å²) in [6.45, 7) is 5.30. The third-order valence-corrected chi connectivity index (χ3v) is 3.89. The lowest BCUT2D eigenvalue weighted by molar-refractivity contribution is -0.110. The van der Waals surface area contributed by atoms with Gasteiger partial charge in [-0.3, -0.25) is 4.79 Å². The summed E-state index contributed by atoms with van der Waals surface area (Å²) >= 11 is 1.56. The van der Waals surface area contributed by atoms with Crippen LogP contribution in [0.2, 0.25) is 0 Å². The van der Waals surface area contributed by atoms with E-state index in [-0.39, 0.29) is 5.78 Å². The van der Waals surface area contributed by atoms with Gasteiger partial charge in [-0.1, -0.05) is 26.0 Å². The number of ketones is 1. The molecule has 2 aromatic rings. The first-order valence-corrected chi connectivity index (χ1v) is 8.50. The van der Waals surface area contributed by atoms with Crippen molar-refractivity contribution in [2.75, 3.05) is 0 Å². The van der Waals surface area contributed by atoms with E-state index < -0.39 is 0 Å². The smallest absolute Gasteiger partial charge is 0.178 e. The lowest BCUT2D eigenvalue weighted by Gasteiger charge is -2.07. The van der Waals surface area contributed by atoms with Gasteiger partial charge in [-0.05, 0) is 36.6 Å². The summed E-state index contributed by atoms with van der Waals surface area (Å²) in [5, 5.41) is 2.84. The Morgan fingerprint density at radius 3 is 2.83 bits per heavy atom. The summed E-state index contributed by atoms with van der Waals surface area (Å²) in [5.41, 5.74) is 0. The zero-order chi connectivity index (χ0) is 16.5. The molecule has 0 N–H and O–H groups in total. The van der Waals surface area contributed by atoms with Crippen LogP contribution in [-0.2, 0) is 11.3 Å². The van der Waals surface area contributed by atoms with E-state index in [0.29, 0.717) is 5.92 Å². The number of carbonyl (C=O) groups excluding carboxylic acids is 1. The minimum absolute atomic E-state index is 0.0628. The molecule has 0 spiro atoms. The molecular formula is C18H21N3OS. The maximum atomic E-state index is 11.8. The maximum Gasteiger partial charge on any atom is 0.178 e. The Bertz CT molecular complexity index is 694. The van der Waals surface area contributed by atoms with Gasteiger partial charge in [0.1, 0.15) is 10.8 Å². The van der Waals surface area contributed by atoms with Crippen LogP contribution in [0.25, 0.3) is 12.2 Å². The highest BCUT2D eigenvalue weighted by Crippen LogP contribution is 2.07. The second-order valence-electron chi connectivity index (χ2n) is 5.49. The third-order valence-electron chi connectivity index (χ3n) is 3.15. The van der Waals surface area contributed by atoms with E-state index in [1.807, 2.05) is 23.7 Å². The van der Waals surface area contributed by atoms with Gasteiger partial charge in [0.05, 0.1) is 0 Å². The molecule has 0 aliphatic rings. The molecule has 0 unspecified atom stereocenters. The molecule has 0 aliphatic carbocycles. The highest BCUT2D eigenvalue weighted by Gasteiger charge is 2.01. The van der Waals surface area contributed by atoms with E-state index in [1.54, 1.807) is 42.0 Å². The molecule has 120 valence electrons. The van der Waals surface area contributed by atoms with Crippen molar-refractivity contribution < 1.29 is 4.79 Å². The predicted molar refractivity (Wildman–Crippen MR) is 96.0 cm³/mol. The van der Waals surface area contributed by atoms with Gasteiger partial charge in [-0.15, -0.1) is 11.3 Å². The van der Waals surface area contributed by atoms with Crippen molar-refractivity contribution in [2.24, 2.45) is 5.92 Å². The Labute approximate surface area is 140 Å². The summed E-state index contributed by atoms with van der Waals surface area (Å²) in [6, 6.07) is 0. The third kappa shape index (κ3) is 6.16. The van der Waals surface area contributed by atoms with E-state index in [2.05, 4.69) is 28.4 Å². The molecule has 0 radical (unpaired) electrons. The second-order valence-corrected chi connectivity index (χ2v) is 6.41. The quantitative estimate of drug-likeness (QED) is 0.538. The number of carbonyl (C=O) groups is 1. The summed E-state index contributed by atoms with van der Waals surface area (Å²) in [7, 11) is 0. The van der Waals surface area contributed by atoms with E-state index in [9.17, 15) is 4.79 Å². The molecule has 2 rings (SSSR count). The van der Waals surface area contributed by atoms with Crippen molar-refractivity contribution in [2.45, 2.75) is 26.8 Å². The second kappa shape index (κ2) is 9.00. The highest BCUT2D eigenvalue weighted by atomic mass is 32.1.